The molecule has 1 atom stereocenters. The first-order valence-electron chi connectivity index (χ1n) is 13.7. The zero-order valence-corrected chi connectivity index (χ0v) is 25.7. The highest BCUT2D eigenvalue weighted by atomic mass is 16.7. The van der Waals surface area contributed by atoms with Gasteiger partial charge in [0.25, 0.3) is 0 Å². The van der Waals surface area contributed by atoms with Gasteiger partial charge < -0.3 is 28.4 Å². The van der Waals surface area contributed by atoms with Crippen LogP contribution < -0.4 is 14.2 Å². The number of isocyanates is 1. The summed E-state index contributed by atoms with van der Waals surface area (Å²) in [5, 5.41) is 0. The summed E-state index contributed by atoms with van der Waals surface area (Å²) in [6, 6.07) is 10.8. The van der Waals surface area contributed by atoms with Crippen LogP contribution in [0.1, 0.15) is 56.5 Å². The molecule has 0 saturated heterocycles. The highest BCUT2D eigenvalue weighted by molar-refractivity contribution is 5.91. The number of nitrogens with zero attached hydrogens (tertiary/aromatic N) is 1. The number of methoxy groups -OCH3 is 2. The van der Waals surface area contributed by atoms with Crippen molar-refractivity contribution in [1.82, 2.24) is 0 Å². The number of rotatable bonds is 16. The molecule has 2 rings (SSSR count). The third-order valence-corrected chi connectivity index (χ3v) is 6.67. The van der Waals surface area contributed by atoms with Crippen LogP contribution in [0.25, 0.3) is 6.08 Å². The number of ether oxygens (including phenoxy) is 6. The van der Waals surface area contributed by atoms with E-state index >= 15 is 0 Å². The van der Waals surface area contributed by atoms with Crippen molar-refractivity contribution < 1.29 is 52.4 Å². The minimum Gasteiger partial charge on any atom is -0.493 e. The maximum absolute atomic E-state index is 12.9. The molecule has 0 saturated carbocycles. The van der Waals surface area contributed by atoms with Gasteiger partial charge in [0.15, 0.2) is 11.5 Å². The lowest BCUT2D eigenvalue weighted by Crippen LogP contribution is -2.39. The Bertz CT molecular complexity index is 1390. The summed E-state index contributed by atoms with van der Waals surface area (Å²) in [5.74, 6) is -1.41. The van der Waals surface area contributed by atoms with Gasteiger partial charge in [0.05, 0.1) is 37.2 Å². The van der Waals surface area contributed by atoms with Gasteiger partial charge in [-0.1, -0.05) is 13.0 Å². The summed E-state index contributed by atoms with van der Waals surface area (Å²) in [6.45, 7) is 6.40. The van der Waals surface area contributed by atoms with Crippen molar-refractivity contribution in [2.75, 3.05) is 34.2 Å². The molecular weight excluding hydrogens is 574 g/mol. The number of carbonyl (C=O) groups is 4. The Morgan fingerprint density at radius 2 is 1.64 bits per heavy atom. The van der Waals surface area contributed by atoms with Gasteiger partial charge in [-0.05, 0) is 81.7 Å². The minimum absolute atomic E-state index is 0.0132. The standard InChI is InChI=1S/C32H37NO11/c1-7-32(4,19-31(2,3)29(37)41-17-16-33-20-34)30(38)43-21-42-24-12-10-23(11-13-24)28(36)44-25-14-8-22(18-26(25)39-5)9-15-27(35)40-6/h8-15,18H,7,16-17,19,21H2,1-6H3/b15-9+. The molecule has 0 fully saturated rings. The van der Waals surface area contributed by atoms with Gasteiger partial charge >= 0.3 is 23.9 Å². The van der Waals surface area contributed by atoms with Gasteiger partial charge in [-0.15, -0.1) is 0 Å². The SMILES string of the molecule is CCC(C)(CC(C)(C)C(=O)OCCN=C=O)C(=O)OCOc1ccc(C(=O)Oc2ccc(/C=C/C(=O)OC)cc2OC)cc1. The number of esters is 4. The fourth-order valence-corrected chi connectivity index (χ4v) is 4.09. The van der Waals surface area contributed by atoms with Crippen LogP contribution >= 0.6 is 0 Å². The van der Waals surface area contributed by atoms with Crippen molar-refractivity contribution in [2.45, 2.75) is 40.5 Å². The second-order valence-corrected chi connectivity index (χ2v) is 10.5. The number of carbonyl (C=O) groups excluding carboxylic acids is 5. The molecule has 44 heavy (non-hydrogen) atoms. The van der Waals surface area contributed by atoms with E-state index in [-0.39, 0.29) is 43.4 Å². The highest BCUT2D eigenvalue weighted by Gasteiger charge is 2.43. The quantitative estimate of drug-likeness (QED) is 0.0380. The van der Waals surface area contributed by atoms with E-state index in [1.807, 2.05) is 6.92 Å². The summed E-state index contributed by atoms with van der Waals surface area (Å²) >= 11 is 0. The molecule has 0 radical (unpaired) electrons. The van der Waals surface area contributed by atoms with Gasteiger partial charge in [-0.3, -0.25) is 9.59 Å². The highest BCUT2D eigenvalue weighted by Crippen LogP contribution is 2.38. The zero-order chi connectivity index (χ0) is 32.8. The normalized spacial score (nSPS) is 12.3. The first kappa shape index (κ1) is 35.2. The predicted molar refractivity (Wildman–Crippen MR) is 158 cm³/mol. The third kappa shape index (κ3) is 10.4. The van der Waals surface area contributed by atoms with Crippen molar-refractivity contribution in [3.63, 3.8) is 0 Å². The zero-order valence-electron chi connectivity index (χ0n) is 25.7. The molecule has 0 bridgehead atoms. The molecule has 2 aromatic carbocycles. The van der Waals surface area contributed by atoms with Crippen molar-refractivity contribution in [1.29, 1.82) is 0 Å². The molecule has 236 valence electrons. The van der Waals surface area contributed by atoms with E-state index in [1.165, 1.54) is 56.7 Å². The molecule has 12 nitrogen and oxygen atoms in total. The number of hydrogen-bond donors (Lipinski definition) is 0. The molecule has 2 aromatic rings. The van der Waals surface area contributed by atoms with Crippen molar-refractivity contribution in [3.05, 3.63) is 59.7 Å². The third-order valence-electron chi connectivity index (χ3n) is 6.67. The summed E-state index contributed by atoms with van der Waals surface area (Å²) in [5.41, 5.74) is -1.14. The van der Waals surface area contributed by atoms with Crippen LogP contribution in [0.4, 0.5) is 0 Å². The molecule has 0 aliphatic rings. The van der Waals surface area contributed by atoms with E-state index in [0.29, 0.717) is 17.7 Å². The summed E-state index contributed by atoms with van der Waals surface area (Å²) in [4.78, 5) is 63.0. The fraction of sp³-hybridized carbons (Fsp3) is 0.406. The molecule has 0 N–H and O–H groups in total. The Morgan fingerprint density at radius 3 is 2.25 bits per heavy atom. The lowest BCUT2D eigenvalue weighted by atomic mass is 9.72. The largest absolute Gasteiger partial charge is 0.493 e. The van der Waals surface area contributed by atoms with Gasteiger partial charge in [0, 0.05) is 6.08 Å². The van der Waals surface area contributed by atoms with Crippen LogP contribution in [0.2, 0.25) is 0 Å². The summed E-state index contributed by atoms with van der Waals surface area (Å²) in [6.07, 6.45) is 4.71. The molecule has 0 aliphatic carbocycles. The molecule has 12 heteroatoms. The lowest BCUT2D eigenvalue weighted by Gasteiger charge is -2.33. The van der Waals surface area contributed by atoms with Crippen molar-refractivity contribution in [3.8, 4) is 17.2 Å². The topological polar surface area (TPSA) is 153 Å². The van der Waals surface area contributed by atoms with Crippen LogP contribution in [0.5, 0.6) is 17.2 Å². The second kappa shape index (κ2) is 16.6. The maximum Gasteiger partial charge on any atom is 0.343 e. The number of aliphatic imine (C=N–C) groups is 1. The number of hydrogen-bond acceptors (Lipinski definition) is 12. The van der Waals surface area contributed by atoms with Gasteiger partial charge in [0.2, 0.25) is 12.9 Å². The number of benzene rings is 2. The van der Waals surface area contributed by atoms with Crippen LogP contribution in [0.15, 0.2) is 53.5 Å². The second-order valence-electron chi connectivity index (χ2n) is 10.5. The predicted octanol–water partition coefficient (Wildman–Crippen LogP) is 4.69. The van der Waals surface area contributed by atoms with Crippen molar-refractivity contribution >= 4 is 36.0 Å². The van der Waals surface area contributed by atoms with E-state index in [4.69, 9.17) is 23.7 Å². The molecule has 0 spiro atoms. The molecule has 0 aliphatic heterocycles. The Hall–Kier alpha value is -4.96. The summed E-state index contributed by atoms with van der Waals surface area (Å²) < 4.78 is 31.4. The first-order chi connectivity index (χ1) is 20.9. The van der Waals surface area contributed by atoms with E-state index in [9.17, 15) is 24.0 Å². The lowest BCUT2D eigenvalue weighted by molar-refractivity contribution is -0.167. The van der Waals surface area contributed by atoms with Crippen molar-refractivity contribution in [2.24, 2.45) is 15.8 Å². The Labute approximate surface area is 255 Å². The Kier molecular flexibility index (Phi) is 13.3. The Morgan fingerprint density at radius 1 is 0.932 bits per heavy atom. The molecule has 0 aromatic heterocycles. The minimum atomic E-state index is -1.01. The van der Waals surface area contributed by atoms with E-state index < -0.39 is 34.7 Å². The van der Waals surface area contributed by atoms with Crippen LogP contribution in [0, 0.1) is 10.8 Å². The van der Waals surface area contributed by atoms with E-state index in [1.54, 1.807) is 39.0 Å². The smallest absolute Gasteiger partial charge is 0.343 e. The van der Waals surface area contributed by atoms with Crippen LogP contribution in [0.3, 0.4) is 0 Å². The van der Waals surface area contributed by atoms with Crippen LogP contribution in [-0.2, 0) is 33.4 Å². The first-order valence-corrected chi connectivity index (χ1v) is 13.7. The van der Waals surface area contributed by atoms with Gasteiger partial charge in [-0.25, -0.2) is 19.4 Å². The average Bonchev–Trinajstić information content (AvgIpc) is 3.02. The molecule has 1 unspecified atom stereocenters. The van der Waals surface area contributed by atoms with Crippen LogP contribution in [-0.4, -0.2) is 64.1 Å². The molecule has 0 amide bonds. The van der Waals surface area contributed by atoms with E-state index in [0.717, 1.165) is 0 Å². The van der Waals surface area contributed by atoms with Gasteiger partial charge in [-0.2, -0.15) is 0 Å². The average molecular weight is 612 g/mol. The Balaban J connectivity index is 1.94. The molecule has 0 heterocycles. The molecular formula is C32H37NO11. The van der Waals surface area contributed by atoms with E-state index in [2.05, 4.69) is 9.73 Å². The monoisotopic (exact) mass is 611 g/mol. The van der Waals surface area contributed by atoms with Gasteiger partial charge in [0.1, 0.15) is 12.4 Å². The maximum atomic E-state index is 12.9. The fourth-order valence-electron chi connectivity index (χ4n) is 4.09. The summed E-state index contributed by atoms with van der Waals surface area (Å²) in [7, 11) is 2.70.